The van der Waals surface area contributed by atoms with Crippen LogP contribution in [0.15, 0.2) is 12.3 Å². The molecule has 1 aliphatic heterocycles. The van der Waals surface area contributed by atoms with Crippen molar-refractivity contribution in [1.29, 1.82) is 0 Å². The maximum Gasteiger partial charge on any atom is 0.497 e. The number of carbonyl (C=O) groups excluding carboxylic acids is 3. The Bertz CT molecular complexity index is 982. The molecule has 37 heavy (non-hydrogen) atoms. The second kappa shape index (κ2) is 13.1. The molecule has 2 heterocycles. The fraction of sp³-hybridized carbons (Fsp3) is 0.640. The molecule has 1 saturated heterocycles. The van der Waals surface area contributed by atoms with Gasteiger partial charge in [-0.1, -0.05) is 22.6 Å². The molecular formula is C25H42BIN4O6. The summed E-state index contributed by atoms with van der Waals surface area (Å²) >= 11 is 2.15. The van der Waals surface area contributed by atoms with E-state index in [1.54, 1.807) is 33.9 Å². The van der Waals surface area contributed by atoms with Crippen LogP contribution in [0, 0.1) is 0 Å². The zero-order chi connectivity index (χ0) is 28.8. The van der Waals surface area contributed by atoms with Crippen molar-refractivity contribution in [2.75, 3.05) is 32.1 Å². The van der Waals surface area contributed by atoms with Crippen LogP contribution in [0.2, 0.25) is 0 Å². The van der Waals surface area contributed by atoms with Gasteiger partial charge in [0.05, 0.1) is 16.9 Å². The van der Waals surface area contributed by atoms with Gasteiger partial charge in [-0.3, -0.25) is 9.59 Å². The molecule has 0 aromatic carbocycles. The van der Waals surface area contributed by atoms with Gasteiger partial charge in [0.1, 0.15) is 11.3 Å². The number of nitrogens with one attached hydrogen (secondary N) is 2. The number of aromatic nitrogens is 1. The average molecular weight is 632 g/mol. The largest absolute Gasteiger partial charge is 0.497 e. The van der Waals surface area contributed by atoms with Gasteiger partial charge in [-0.05, 0) is 65.7 Å². The molecule has 0 radical (unpaired) electrons. The third-order valence-electron chi connectivity index (χ3n) is 5.92. The molecule has 1 aromatic rings. The van der Waals surface area contributed by atoms with E-state index in [1.807, 2.05) is 57.8 Å². The van der Waals surface area contributed by atoms with Crippen LogP contribution in [-0.2, 0) is 21.1 Å². The molecule has 0 saturated carbocycles. The number of aldehydes is 1. The molecule has 0 atom stereocenters. The number of halogens is 1. The molecule has 2 N–H and O–H groups in total. The second-order valence-corrected chi connectivity index (χ2v) is 10.8. The van der Waals surface area contributed by atoms with Crippen LogP contribution >= 0.6 is 22.6 Å². The first-order valence-electron chi connectivity index (χ1n) is 12.0. The molecule has 1 fully saturated rings. The molecule has 10 nitrogen and oxygen atoms in total. The molecule has 2 rings (SSSR count). The molecular weight excluding hydrogens is 590 g/mol. The number of alkyl halides is 1. The Kier molecular flexibility index (Phi) is 11.7. The quantitative estimate of drug-likeness (QED) is 0.148. The van der Waals surface area contributed by atoms with Crippen molar-refractivity contribution in [3.8, 4) is 0 Å². The zero-order valence-corrected chi connectivity index (χ0v) is 26.1. The number of carbonyl (C=O) groups is 3. The van der Waals surface area contributed by atoms with Gasteiger partial charge in [0.25, 0.3) is 5.91 Å². The van der Waals surface area contributed by atoms with Gasteiger partial charge >= 0.3 is 13.2 Å². The van der Waals surface area contributed by atoms with Crippen LogP contribution < -0.4 is 10.6 Å². The minimum atomic E-state index is -0.725. The number of hydrogen-bond acceptors (Lipinski definition) is 7. The maximum atomic E-state index is 12.9. The van der Waals surface area contributed by atoms with Gasteiger partial charge in [0.2, 0.25) is 0 Å². The number of hydrogen-bond donors (Lipinski definition) is 2. The van der Waals surface area contributed by atoms with E-state index in [1.165, 1.54) is 4.57 Å². The summed E-state index contributed by atoms with van der Waals surface area (Å²) in [6.07, 6.45) is 1.99. The SMILES string of the molecule is CI.CN(C)/C=C(/B1OC(C)(C)C(C)(C)O1)c1cc(C(=O)NCCNC(=O)OC(C)(C)C)n(C)c1C=O. The van der Waals surface area contributed by atoms with Crippen LogP contribution in [0.4, 0.5) is 4.79 Å². The van der Waals surface area contributed by atoms with Gasteiger partial charge in [-0.25, -0.2) is 4.79 Å². The van der Waals surface area contributed by atoms with E-state index in [0.29, 0.717) is 28.7 Å². The van der Waals surface area contributed by atoms with Crippen LogP contribution in [0.1, 0.15) is 75.0 Å². The number of rotatable bonds is 8. The van der Waals surface area contributed by atoms with Crippen molar-refractivity contribution >= 4 is 53.5 Å². The Morgan fingerprint density at radius 3 is 2.08 bits per heavy atom. The van der Waals surface area contributed by atoms with E-state index in [2.05, 4.69) is 33.2 Å². The molecule has 1 aliphatic rings. The van der Waals surface area contributed by atoms with E-state index < -0.39 is 30.0 Å². The summed E-state index contributed by atoms with van der Waals surface area (Å²) in [5.41, 5.74) is 0.0581. The van der Waals surface area contributed by atoms with E-state index in [4.69, 9.17) is 14.0 Å². The molecule has 0 unspecified atom stereocenters. The van der Waals surface area contributed by atoms with Crippen molar-refractivity contribution in [2.45, 2.75) is 65.3 Å². The van der Waals surface area contributed by atoms with Crippen LogP contribution in [0.3, 0.4) is 0 Å². The van der Waals surface area contributed by atoms with Crippen molar-refractivity contribution in [1.82, 2.24) is 20.1 Å². The minimum absolute atomic E-state index is 0.187. The fourth-order valence-electron chi connectivity index (χ4n) is 3.46. The highest BCUT2D eigenvalue weighted by Crippen LogP contribution is 2.41. The van der Waals surface area contributed by atoms with E-state index in [0.717, 1.165) is 0 Å². The summed E-state index contributed by atoms with van der Waals surface area (Å²) < 4.78 is 19.2. The second-order valence-electron chi connectivity index (χ2n) is 10.8. The molecule has 2 amide bonds. The monoisotopic (exact) mass is 632 g/mol. The minimum Gasteiger partial charge on any atom is -0.444 e. The smallest absolute Gasteiger partial charge is 0.444 e. The van der Waals surface area contributed by atoms with Gasteiger partial charge in [-0.15, -0.1) is 0 Å². The van der Waals surface area contributed by atoms with E-state index >= 15 is 0 Å². The van der Waals surface area contributed by atoms with Crippen molar-refractivity contribution in [3.05, 3.63) is 29.2 Å². The predicted molar refractivity (Wildman–Crippen MR) is 155 cm³/mol. The lowest BCUT2D eigenvalue weighted by atomic mass is 9.74. The number of alkyl carbamates (subject to hydrolysis) is 1. The molecule has 0 spiro atoms. The topological polar surface area (TPSA) is 111 Å². The number of nitrogens with zero attached hydrogens (tertiary/aromatic N) is 2. The van der Waals surface area contributed by atoms with Crippen LogP contribution in [0.25, 0.3) is 5.47 Å². The Morgan fingerprint density at radius 2 is 1.62 bits per heavy atom. The lowest BCUT2D eigenvalue weighted by Crippen LogP contribution is -2.41. The predicted octanol–water partition coefficient (Wildman–Crippen LogP) is 3.68. The third kappa shape index (κ3) is 8.74. The first kappa shape index (κ1) is 33.0. The summed E-state index contributed by atoms with van der Waals surface area (Å²) in [7, 11) is 4.65. The Hall–Kier alpha value is -2.06. The van der Waals surface area contributed by atoms with E-state index in [-0.39, 0.29) is 19.0 Å². The Morgan fingerprint density at radius 1 is 1.11 bits per heavy atom. The normalized spacial score (nSPS) is 16.4. The molecule has 12 heteroatoms. The first-order chi connectivity index (χ1) is 17.0. The summed E-state index contributed by atoms with van der Waals surface area (Å²) in [5, 5.41) is 5.35. The number of amides is 2. The molecule has 208 valence electrons. The first-order valence-corrected chi connectivity index (χ1v) is 14.2. The summed E-state index contributed by atoms with van der Waals surface area (Å²) in [6.45, 7) is 13.5. The highest BCUT2D eigenvalue weighted by Gasteiger charge is 2.53. The Balaban J connectivity index is 0.00000334. The number of ether oxygens (including phenoxy) is 1. The van der Waals surface area contributed by atoms with Gasteiger partial charge < -0.3 is 34.1 Å². The highest BCUT2D eigenvalue weighted by molar-refractivity contribution is 14.1. The summed E-state index contributed by atoms with van der Waals surface area (Å²) in [6, 6.07) is 1.65. The van der Waals surface area contributed by atoms with Crippen molar-refractivity contribution < 1.29 is 28.4 Å². The highest BCUT2D eigenvalue weighted by atomic mass is 127. The maximum absolute atomic E-state index is 12.9. The molecule has 1 aromatic heterocycles. The standard InChI is InChI=1S/C24H39BN4O6.CH3I/c1-22(2,3)33-21(32)27-12-11-26-20(31)18-13-16(19(15-30)29(18)10)17(14-28(8)9)25-34-23(4,5)24(6,7)35-25;1-2/h13-15H,11-12H2,1-10H3,(H,26,31)(H,27,32);1H3/b17-14+;. The Labute approximate surface area is 235 Å². The molecule has 0 aliphatic carbocycles. The summed E-state index contributed by atoms with van der Waals surface area (Å²) in [4.78, 5) is 40.5. The van der Waals surface area contributed by atoms with E-state index in [9.17, 15) is 14.4 Å². The van der Waals surface area contributed by atoms with Gasteiger partial charge in [-0.2, -0.15) is 0 Å². The van der Waals surface area contributed by atoms with Gasteiger partial charge in [0.15, 0.2) is 6.29 Å². The lowest BCUT2D eigenvalue weighted by Gasteiger charge is -2.32. The van der Waals surface area contributed by atoms with Crippen LogP contribution in [0.5, 0.6) is 0 Å². The third-order valence-corrected chi connectivity index (χ3v) is 5.92. The lowest BCUT2D eigenvalue weighted by molar-refractivity contribution is 0.00578. The average Bonchev–Trinajstić information content (AvgIpc) is 3.20. The van der Waals surface area contributed by atoms with Crippen molar-refractivity contribution in [3.63, 3.8) is 0 Å². The molecule has 0 bridgehead atoms. The van der Waals surface area contributed by atoms with Crippen molar-refractivity contribution in [2.24, 2.45) is 7.05 Å². The van der Waals surface area contributed by atoms with Crippen LogP contribution in [-0.4, -0.2) is 83.8 Å². The zero-order valence-electron chi connectivity index (χ0n) is 23.9. The summed E-state index contributed by atoms with van der Waals surface area (Å²) in [5.74, 6) is -0.383. The van der Waals surface area contributed by atoms with Gasteiger partial charge in [0, 0.05) is 45.3 Å². The fourth-order valence-corrected chi connectivity index (χ4v) is 3.46.